The molecule has 3 rings (SSSR count). The summed E-state index contributed by atoms with van der Waals surface area (Å²) in [6.07, 6.45) is 2.31. The monoisotopic (exact) mass is 346 g/mol. The van der Waals surface area contributed by atoms with E-state index in [4.69, 9.17) is 17.0 Å². The third kappa shape index (κ3) is 3.42. The second-order valence-corrected chi connectivity index (χ2v) is 6.56. The topological polar surface area (TPSA) is 71.1 Å². The summed E-state index contributed by atoms with van der Waals surface area (Å²) in [4.78, 5) is 0. The van der Waals surface area contributed by atoms with E-state index in [9.17, 15) is 5.11 Å². The minimum absolute atomic E-state index is 0.108. The number of hydrogen-bond donors (Lipinski definition) is 2. The van der Waals surface area contributed by atoms with Crippen molar-refractivity contribution < 1.29 is 9.84 Å². The zero-order chi connectivity index (χ0) is 17.1. The van der Waals surface area contributed by atoms with Crippen LogP contribution in [0, 0.1) is 0 Å². The number of para-hydroxylation sites is 1. The number of thiocarbonyl (C=S) groups is 1. The molecular formula is C17H22N4O2S. The third-order valence-corrected chi connectivity index (χ3v) is 4.35. The Kier molecular flexibility index (Phi) is 5.11. The van der Waals surface area contributed by atoms with Gasteiger partial charge in [0.05, 0.1) is 11.6 Å². The van der Waals surface area contributed by atoms with Crippen molar-refractivity contribution in [2.75, 3.05) is 13.2 Å². The van der Waals surface area contributed by atoms with Gasteiger partial charge in [-0.05, 0) is 45.0 Å². The number of aromatic nitrogens is 1. The lowest BCUT2D eigenvalue weighted by molar-refractivity contribution is 0.114. The second kappa shape index (κ2) is 7.27. The summed E-state index contributed by atoms with van der Waals surface area (Å²) in [5, 5.41) is 23.0. The van der Waals surface area contributed by atoms with E-state index in [0.29, 0.717) is 17.3 Å². The molecule has 0 radical (unpaired) electrons. The molecule has 1 aliphatic heterocycles. The van der Waals surface area contributed by atoms with E-state index in [0.717, 1.165) is 30.4 Å². The highest BCUT2D eigenvalue weighted by atomic mass is 32.1. The van der Waals surface area contributed by atoms with Crippen LogP contribution in [0.25, 0.3) is 10.9 Å². The summed E-state index contributed by atoms with van der Waals surface area (Å²) in [5.74, 6) is 0.108. The summed E-state index contributed by atoms with van der Waals surface area (Å²) in [7, 11) is 0. The fourth-order valence-corrected chi connectivity index (χ4v) is 3.12. The summed E-state index contributed by atoms with van der Waals surface area (Å²) >= 11 is 5.20. The molecule has 0 aliphatic carbocycles. The van der Waals surface area contributed by atoms with E-state index >= 15 is 0 Å². The van der Waals surface area contributed by atoms with Crippen LogP contribution in [0.2, 0.25) is 0 Å². The minimum atomic E-state index is 0.108. The molecule has 1 saturated heterocycles. The molecule has 1 fully saturated rings. The van der Waals surface area contributed by atoms with Gasteiger partial charge in [0.15, 0.2) is 5.69 Å². The molecule has 24 heavy (non-hydrogen) atoms. The maximum atomic E-state index is 10.5. The number of nitrogens with one attached hydrogen (secondary N) is 1. The first kappa shape index (κ1) is 16.9. The van der Waals surface area contributed by atoms with Gasteiger partial charge in [-0.15, -0.1) is 10.2 Å². The van der Waals surface area contributed by atoms with E-state index in [2.05, 4.69) is 15.5 Å². The van der Waals surface area contributed by atoms with Crippen molar-refractivity contribution in [3.63, 3.8) is 0 Å². The third-order valence-electron chi connectivity index (χ3n) is 4.12. The molecule has 128 valence electrons. The molecule has 1 aromatic heterocycles. The van der Waals surface area contributed by atoms with Crippen LogP contribution in [0.15, 0.2) is 34.5 Å². The quantitative estimate of drug-likeness (QED) is 0.647. The molecule has 7 heteroatoms. The first-order chi connectivity index (χ1) is 11.6. The molecule has 1 atom stereocenters. The van der Waals surface area contributed by atoms with Crippen molar-refractivity contribution in [2.24, 2.45) is 10.2 Å². The van der Waals surface area contributed by atoms with Gasteiger partial charge < -0.3 is 19.7 Å². The molecule has 0 unspecified atom stereocenters. The van der Waals surface area contributed by atoms with E-state index in [1.54, 1.807) is 0 Å². The average Bonchev–Trinajstić information content (AvgIpc) is 3.16. The molecule has 0 spiro atoms. The minimum Gasteiger partial charge on any atom is -0.493 e. The van der Waals surface area contributed by atoms with Crippen molar-refractivity contribution in [3.8, 4) is 5.88 Å². The van der Waals surface area contributed by atoms with Gasteiger partial charge in [0, 0.05) is 24.6 Å². The van der Waals surface area contributed by atoms with E-state index in [-0.39, 0.29) is 18.0 Å². The van der Waals surface area contributed by atoms with Crippen molar-refractivity contribution in [2.45, 2.75) is 38.8 Å². The maximum absolute atomic E-state index is 10.5. The van der Waals surface area contributed by atoms with Gasteiger partial charge in [0.1, 0.15) is 0 Å². The number of azo groups is 1. The molecule has 1 aliphatic rings. The Labute approximate surface area is 146 Å². The van der Waals surface area contributed by atoms with Gasteiger partial charge in [-0.25, -0.2) is 0 Å². The van der Waals surface area contributed by atoms with Crippen LogP contribution in [-0.2, 0) is 4.74 Å². The standard InChI is InChI=1S/C17H22N4O2S/c1-11(2)21-14-8-4-3-7-13(14)15(16(21)22)19-20-17(24)18-10-12-6-5-9-23-12/h3-4,7-8,11-12,22H,5-6,9-10H2,1-2H3,(H,18,24)/t12-/m0/s1. The first-order valence-electron chi connectivity index (χ1n) is 8.21. The van der Waals surface area contributed by atoms with Crippen molar-refractivity contribution >= 4 is 33.9 Å². The van der Waals surface area contributed by atoms with Gasteiger partial charge in [-0.1, -0.05) is 18.2 Å². The van der Waals surface area contributed by atoms with Crippen LogP contribution in [0.4, 0.5) is 5.69 Å². The predicted molar refractivity (Wildman–Crippen MR) is 98.1 cm³/mol. The molecular weight excluding hydrogens is 324 g/mol. The van der Waals surface area contributed by atoms with Crippen molar-refractivity contribution in [3.05, 3.63) is 24.3 Å². The van der Waals surface area contributed by atoms with Crippen LogP contribution in [0.3, 0.4) is 0 Å². The average molecular weight is 346 g/mol. The molecule has 1 aromatic carbocycles. The second-order valence-electron chi connectivity index (χ2n) is 6.17. The van der Waals surface area contributed by atoms with Crippen LogP contribution in [0.5, 0.6) is 5.88 Å². The molecule has 2 aromatic rings. The normalized spacial score (nSPS) is 18.0. The van der Waals surface area contributed by atoms with Gasteiger partial charge in [-0.3, -0.25) is 0 Å². The number of benzene rings is 1. The molecule has 2 heterocycles. The highest BCUT2D eigenvalue weighted by Gasteiger charge is 2.18. The zero-order valence-corrected chi connectivity index (χ0v) is 14.7. The van der Waals surface area contributed by atoms with Gasteiger partial charge in [0.25, 0.3) is 0 Å². The van der Waals surface area contributed by atoms with E-state index < -0.39 is 0 Å². The van der Waals surface area contributed by atoms with Gasteiger partial charge >= 0.3 is 0 Å². The lowest BCUT2D eigenvalue weighted by Crippen LogP contribution is -2.29. The number of rotatable bonds is 4. The first-order valence-corrected chi connectivity index (χ1v) is 8.62. The summed E-state index contributed by atoms with van der Waals surface area (Å²) < 4.78 is 7.37. The Hall–Kier alpha value is -1.99. The van der Waals surface area contributed by atoms with Crippen molar-refractivity contribution in [1.82, 2.24) is 9.88 Å². The van der Waals surface area contributed by atoms with Crippen LogP contribution >= 0.6 is 12.2 Å². The smallest absolute Gasteiger partial charge is 0.221 e. The Bertz CT molecular complexity index is 763. The van der Waals surface area contributed by atoms with E-state index in [1.807, 2.05) is 42.7 Å². The SMILES string of the molecule is CC(C)n1c(O)c(N=NC(=S)NC[C@@H]2CCCO2)c2ccccc21. The number of aromatic hydroxyl groups is 1. The van der Waals surface area contributed by atoms with Gasteiger partial charge in [-0.2, -0.15) is 0 Å². The lowest BCUT2D eigenvalue weighted by Gasteiger charge is -2.10. The predicted octanol–water partition coefficient (Wildman–Crippen LogP) is 4.07. The Morgan fingerprint density at radius 2 is 2.25 bits per heavy atom. The largest absolute Gasteiger partial charge is 0.493 e. The Balaban J connectivity index is 1.79. The Morgan fingerprint density at radius 3 is 2.96 bits per heavy atom. The number of fused-ring (bicyclic) bond motifs is 1. The summed E-state index contributed by atoms with van der Waals surface area (Å²) in [5.41, 5.74) is 1.37. The zero-order valence-electron chi connectivity index (χ0n) is 13.9. The van der Waals surface area contributed by atoms with Crippen LogP contribution < -0.4 is 5.32 Å². The van der Waals surface area contributed by atoms with Crippen molar-refractivity contribution in [1.29, 1.82) is 0 Å². The number of ether oxygens (including phenoxy) is 1. The summed E-state index contributed by atoms with van der Waals surface area (Å²) in [6, 6.07) is 7.85. The maximum Gasteiger partial charge on any atom is 0.221 e. The number of nitrogens with zero attached hydrogens (tertiary/aromatic N) is 3. The fraction of sp³-hybridized carbons (Fsp3) is 0.471. The van der Waals surface area contributed by atoms with Crippen LogP contribution in [-0.4, -0.2) is 34.0 Å². The van der Waals surface area contributed by atoms with Gasteiger partial charge in [0.2, 0.25) is 11.0 Å². The molecule has 6 nitrogen and oxygen atoms in total. The summed E-state index contributed by atoms with van der Waals surface area (Å²) in [6.45, 7) is 5.47. The highest BCUT2D eigenvalue weighted by molar-refractivity contribution is 7.80. The molecule has 0 bridgehead atoms. The highest BCUT2D eigenvalue weighted by Crippen LogP contribution is 2.40. The molecule has 0 saturated carbocycles. The number of hydrogen-bond acceptors (Lipinski definition) is 4. The van der Waals surface area contributed by atoms with Crippen LogP contribution in [0.1, 0.15) is 32.7 Å². The molecule has 2 N–H and O–H groups in total. The fourth-order valence-electron chi connectivity index (χ4n) is 2.99. The lowest BCUT2D eigenvalue weighted by atomic mass is 10.2. The Morgan fingerprint density at radius 1 is 1.46 bits per heavy atom. The molecule has 0 amide bonds. The van der Waals surface area contributed by atoms with E-state index in [1.165, 1.54) is 0 Å².